The molecular weight excluding hydrogens is 492 g/mol. The number of hydrogen-bond donors (Lipinski definition) is 1. The number of nitrogens with zero attached hydrogens (tertiary/aromatic N) is 2. The van der Waals surface area contributed by atoms with Gasteiger partial charge in [-0.2, -0.15) is 0 Å². The van der Waals surface area contributed by atoms with Gasteiger partial charge in [-0.25, -0.2) is 13.8 Å². The highest BCUT2D eigenvalue weighted by molar-refractivity contribution is 6.29. The van der Waals surface area contributed by atoms with Crippen LogP contribution in [0.1, 0.15) is 74.1 Å². The predicted octanol–water partition coefficient (Wildman–Crippen LogP) is 6.13. The summed E-state index contributed by atoms with van der Waals surface area (Å²) >= 11 is 6.22. The number of aryl methyl sites for hydroxylation is 1. The zero-order valence-electron chi connectivity index (χ0n) is 21.3. The van der Waals surface area contributed by atoms with Gasteiger partial charge < -0.3 is 10.2 Å². The first-order valence-corrected chi connectivity index (χ1v) is 14.3. The molecule has 198 valence electrons. The van der Waals surface area contributed by atoms with E-state index in [1.165, 1.54) is 5.56 Å². The maximum absolute atomic E-state index is 14.6. The number of likely N-dealkylation sites (tertiary alicyclic amines) is 1. The molecule has 2 saturated heterocycles. The lowest BCUT2D eigenvalue weighted by Gasteiger charge is -2.48. The first-order chi connectivity index (χ1) is 17.9. The average Bonchev–Trinajstić information content (AvgIpc) is 3.31. The summed E-state index contributed by atoms with van der Waals surface area (Å²) in [7, 11) is 0. The summed E-state index contributed by atoms with van der Waals surface area (Å²) in [6, 6.07) is 14.1. The molecule has 5 unspecified atom stereocenters. The minimum atomic E-state index is -2.64. The number of hydrogen-bond acceptors (Lipinski definition) is 3. The SMILES string of the molecule is O=C(C1CNCC12CCCc1nc(Cl)ccc12)N1CCC(c2ccccc2)CC1C1CCCC(F)(F)C1. The molecule has 5 atom stereocenters. The van der Waals surface area contributed by atoms with Gasteiger partial charge in [-0.05, 0) is 74.0 Å². The first kappa shape index (κ1) is 25.2. The Bertz CT molecular complexity index is 1140. The fourth-order valence-electron chi connectivity index (χ4n) is 7.94. The van der Waals surface area contributed by atoms with E-state index in [0.717, 1.165) is 56.3 Å². The van der Waals surface area contributed by atoms with Gasteiger partial charge in [0.2, 0.25) is 11.8 Å². The first-order valence-electron chi connectivity index (χ1n) is 14.0. The van der Waals surface area contributed by atoms with Crippen LogP contribution in [0.4, 0.5) is 8.78 Å². The van der Waals surface area contributed by atoms with Gasteiger partial charge in [0.15, 0.2) is 0 Å². The zero-order valence-corrected chi connectivity index (χ0v) is 22.0. The molecule has 3 fully saturated rings. The second-order valence-electron chi connectivity index (χ2n) is 11.8. The molecule has 1 N–H and O–H groups in total. The van der Waals surface area contributed by atoms with Crippen LogP contribution < -0.4 is 5.32 Å². The minimum Gasteiger partial charge on any atom is -0.339 e. The Balaban J connectivity index is 1.32. The zero-order chi connectivity index (χ0) is 25.6. The predicted molar refractivity (Wildman–Crippen MR) is 141 cm³/mol. The number of halogens is 3. The molecular formula is C30H36ClF2N3O. The molecule has 6 rings (SSSR count). The van der Waals surface area contributed by atoms with Gasteiger partial charge in [0, 0.05) is 49.6 Å². The smallest absolute Gasteiger partial charge is 0.248 e. The highest BCUT2D eigenvalue weighted by atomic mass is 35.5. The number of rotatable bonds is 3. The van der Waals surface area contributed by atoms with E-state index < -0.39 is 5.92 Å². The van der Waals surface area contributed by atoms with Crippen molar-refractivity contribution >= 4 is 17.5 Å². The summed E-state index contributed by atoms with van der Waals surface area (Å²) in [6.07, 6.45) is 5.57. The fraction of sp³-hybridized carbons (Fsp3) is 0.600. The Morgan fingerprint density at radius 2 is 1.92 bits per heavy atom. The number of aromatic nitrogens is 1. The number of piperidine rings is 1. The highest BCUT2D eigenvalue weighted by Crippen LogP contribution is 2.48. The minimum absolute atomic E-state index is 0.0335. The highest BCUT2D eigenvalue weighted by Gasteiger charge is 2.53. The van der Waals surface area contributed by atoms with Crippen LogP contribution >= 0.6 is 11.6 Å². The van der Waals surface area contributed by atoms with Gasteiger partial charge in [-0.15, -0.1) is 0 Å². The van der Waals surface area contributed by atoms with Crippen molar-refractivity contribution < 1.29 is 13.6 Å². The molecule has 1 saturated carbocycles. The molecule has 4 nitrogen and oxygen atoms in total. The average molecular weight is 528 g/mol. The molecule has 7 heteroatoms. The molecule has 2 aliphatic heterocycles. The monoisotopic (exact) mass is 527 g/mol. The largest absolute Gasteiger partial charge is 0.339 e. The molecule has 0 bridgehead atoms. The van der Waals surface area contributed by atoms with E-state index >= 15 is 0 Å². The maximum atomic E-state index is 14.6. The topological polar surface area (TPSA) is 45.2 Å². The molecule has 0 radical (unpaired) electrons. The van der Waals surface area contributed by atoms with Crippen molar-refractivity contribution in [2.75, 3.05) is 19.6 Å². The molecule has 1 aromatic heterocycles. The van der Waals surface area contributed by atoms with E-state index in [2.05, 4.69) is 28.5 Å². The van der Waals surface area contributed by atoms with E-state index in [9.17, 15) is 13.6 Å². The number of carbonyl (C=O) groups excluding carboxylic acids is 1. The van der Waals surface area contributed by atoms with Gasteiger partial charge >= 0.3 is 0 Å². The van der Waals surface area contributed by atoms with Crippen LogP contribution in [-0.4, -0.2) is 47.4 Å². The summed E-state index contributed by atoms with van der Waals surface area (Å²) in [6.45, 7) is 1.99. The van der Waals surface area contributed by atoms with Gasteiger partial charge in [-0.1, -0.05) is 48.0 Å². The third-order valence-corrected chi connectivity index (χ3v) is 9.90. The number of amides is 1. The van der Waals surface area contributed by atoms with Crippen molar-refractivity contribution in [1.82, 2.24) is 15.2 Å². The van der Waals surface area contributed by atoms with E-state index in [1.54, 1.807) is 0 Å². The number of carbonyl (C=O) groups is 1. The number of alkyl halides is 2. The van der Waals surface area contributed by atoms with E-state index in [4.69, 9.17) is 11.6 Å². The summed E-state index contributed by atoms with van der Waals surface area (Å²) in [5.41, 5.74) is 3.10. The van der Waals surface area contributed by atoms with Gasteiger partial charge in [0.05, 0.1) is 5.92 Å². The second-order valence-corrected chi connectivity index (χ2v) is 12.2. The van der Waals surface area contributed by atoms with Crippen LogP contribution in [0.25, 0.3) is 0 Å². The summed E-state index contributed by atoms with van der Waals surface area (Å²) in [5.74, 6) is -2.58. The fourth-order valence-corrected chi connectivity index (χ4v) is 8.10. The molecule has 4 aliphatic rings. The van der Waals surface area contributed by atoms with Crippen molar-refractivity contribution in [1.29, 1.82) is 0 Å². The van der Waals surface area contributed by atoms with Gasteiger partial charge in [-0.3, -0.25) is 4.79 Å². The lowest BCUT2D eigenvalue weighted by Crippen LogP contribution is -2.56. The van der Waals surface area contributed by atoms with E-state index in [-0.39, 0.29) is 42.0 Å². The molecule has 1 aromatic carbocycles. The molecule has 2 aliphatic carbocycles. The molecule has 1 amide bonds. The van der Waals surface area contributed by atoms with Crippen LogP contribution in [0.3, 0.4) is 0 Å². The van der Waals surface area contributed by atoms with Crippen LogP contribution in [0.2, 0.25) is 5.15 Å². The molecule has 2 aromatic rings. The van der Waals surface area contributed by atoms with Crippen molar-refractivity contribution in [2.45, 2.75) is 81.1 Å². The van der Waals surface area contributed by atoms with Crippen LogP contribution in [0.5, 0.6) is 0 Å². The van der Waals surface area contributed by atoms with Crippen LogP contribution in [0, 0.1) is 11.8 Å². The van der Waals surface area contributed by atoms with Gasteiger partial charge in [0.25, 0.3) is 0 Å². The number of fused-ring (bicyclic) bond motifs is 2. The lowest BCUT2D eigenvalue weighted by molar-refractivity contribution is -0.145. The summed E-state index contributed by atoms with van der Waals surface area (Å²) in [5, 5.41) is 4.01. The summed E-state index contributed by atoms with van der Waals surface area (Å²) < 4.78 is 29.2. The molecule has 3 heterocycles. The number of benzene rings is 1. The third kappa shape index (κ3) is 4.69. The van der Waals surface area contributed by atoms with Crippen molar-refractivity contribution in [2.24, 2.45) is 11.8 Å². The Hall–Kier alpha value is -2.05. The van der Waals surface area contributed by atoms with Crippen molar-refractivity contribution in [3.63, 3.8) is 0 Å². The lowest BCUT2D eigenvalue weighted by atomic mass is 9.64. The Morgan fingerprint density at radius 1 is 1.08 bits per heavy atom. The van der Waals surface area contributed by atoms with Gasteiger partial charge in [0.1, 0.15) is 5.15 Å². The van der Waals surface area contributed by atoms with Crippen molar-refractivity contribution in [3.8, 4) is 0 Å². The molecule has 1 spiro atoms. The normalized spacial score (nSPS) is 33.3. The summed E-state index contributed by atoms with van der Waals surface area (Å²) in [4.78, 5) is 21.1. The Kier molecular flexibility index (Phi) is 6.77. The maximum Gasteiger partial charge on any atom is 0.248 e. The van der Waals surface area contributed by atoms with E-state index in [0.29, 0.717) is 30.6 Å². The second kappa shape index (κ2) is 9.92. The van der Waals surface area contributed by atoms with E-state index in [1.807, 2.05) is 29.2 Å². The van der Waals surface area contributed by atoms with Crippen LogP contribution in [-0.2, 0) is 16.6 Å². The Labute approximate surface area is 223 Å². The quantitative estimate of drug-likeness (QED) is 0.488. The number of nitrogens with one attached hydrogen (secondary N) is 1. The Morgan fingerprint density at radius 3 is 2.73 bits per heavy atom. The number of pyridine rings is 1. The van der Waals surface area contributed by atoms with Crippen LogP contribution in [0.15, 0.2) is 42.5 Å². The third-order valence-electron chi connectivity index (χ3n) is 9.69. The van der Waals surface area contributed by atoms with Crippen molar-refractivity contribution in [3.05, 3.63) is 64.4 Å². The standard InChI is InChI=1S/C30H36ClF2N3O/c31-27-11-10-23-25(35-27)9-5-13-29(23)19-34-18-24(29)28(37)36-15-12-21(20-6-2-1-3-7-20)16-26(36)22-8-4-14-30(32,33)17-22/h1-3,6-7,10-11,21-22,24,26,34H,4-5,8-9,12-19H2. The molecule has 37 heavy (non-hydrogen) atoms.